The van der Waals surface area contributed by atoms with Crippen LogP contribution in [0.15, 0.2) is 54.6 Å². The maximum absolute atomic E-state index is 11.5. The molecule has 0 spiro atoms. The summed E-state index contributed by atoms with van der Waals surface area (Å²) >= 11 is 6.15. The smallest absolute Gasteiger partial charge is 0.356 e. The fourth-order valence-electron chi connectivity index (χ4n) is 3.50. The summed E-state index contributed by atoms with van der Waals surface area (Å²) in [7, 11) is 0. The monoisotopic (exact) mass is 394 g/mol. The number of hydrazine groups is 1. The first-order valence-corrected chi connectivity index (χ1v) is 9.29. The highest BCUT2D eigenvalue weighted by atomic mass is 35.5. The molecule has 1 heterocycles. The average molecular weight is 395 g/mol. The van der Waals surface area contributed by atoms with Crippen LogP contribution >= 0.6 is 11.6 Å². The molecule has 1 aromatic heterocycles. The second-order valence-electron chi connectivity index (χ2n) is 6.64. The van der Waals surface area contributed by atoms with Crippen LogP contribution in [0.3, 0.4) is 0 Å². The number of aromatic nitrogens is 1. The summed E-state index contributed by atoms with van der Waals surface area (Å²) in [6, 6.07) is 16.4. The molecule has 6 nitrogen and oxygen atoms in total. The highest BCUT2D eigenvalue weighted by molar-refractivity contribution is 6.30. The summed E-state index contributed by atoms with van der Waals surface area (Å²) in [5.41, 5.74) is 5.98. The van der Waals surface area contributed by atoms with E-state index in [0.717, 1.165) is 53.2 Å². The Bertz CT molecular complexity index is 1040. The molecule has 0 bridgehead atoms. The molecule has 142 valence electrons. The Morgan fingerprint density at radius 3 is 2.61 bits per heavy atom. The fraction of sp³-hybridized carbons (Fsp3) is 0.143. The molecular formula is C21H19ClN4O2. The van der Waals surface area contributed by atoms with E-state index >= 15 is 0 Å². The van der Waals surface area contributed by atoms with Crippen LogP contribution in [0.2, 0.25) is 5.02 Å². The van der Waals surface area contributed by atoms with Gasteiger partial charge < -0.3 is 4.84 Å². The molecule has 28 heavy (non-hydrogen) atoms. The lowest BCUT2D eigenvalue weighted by Crippen LogP contribution is -2.26. The molecule has 2 aromatic carbocycles. The SMILES string of the molecule is NOC(=O)c1ccc(N(N)c2cc(-c3cccc(Cl)c3)nc3c2CCC3)cc1. The van der Waals surface area contributed by atoms with Crippen molar-refractivity contribution in [1.82, 2.24) is 4.98 Å². The van der Waals surface area contributed by atoms with Gasteiger partial charge >= 0.3 is 5.97 Å². The van der Waals surface area contributed by atoms with Crippen LogP contribution in [-0.4, -0.2) is 11.0 Å². The van der Waals surface area contributed by atoms with Crippen LogP contribution in [0, 0.1) is 0 Å². The number of hydrogen-bond acceptors (Lipinski definition) is 6. The molecule has 1 aliphatic carbocycles. The maximum atomic E-state index is 11.5. The van der Waals surface area contributed by atoms with Crippen molar-refractivity contribution in [3.05, 3.63) is 76.4 Å². The number of halogens is 1. The third kappa shape index (κ3) is 3.45. The fourth-order valence-corrected chi connectivity index (χ4v) is 3.69. The first-order valence-electron chi connectivity index (χ1n) is 8.91. The average Bonchev–Trinajstić information content (AvgIpc) is 3.21. The highest BCUT2D eigenvalue weighted by Crippen LogP contribution is 2.36. The van der Waals surface area contributed by atoms with Gasteiger partial charge in [-0.05, 0) is 67.3 Å². The largest absolute Gasteiger partial charge is 0.370 e. The summed E-state index contributed by atoms with van der Waals surface area (Å²) in [6.07, 6.45) is 2.90. The lowest BCUT2D eigenvalue weighted by molar-refractivity contribution is 0.0503. The molecule has 7 heteroatoms. The van der Waals surface area contributed by atoms with Crippen LogP contribution in [0.1, 0.15) is 28.0 Å². The molecule has 0 amide bonds. The minimum absolute atomic E-state index is 0.360. The minimum Gasteiger partial charge on any atom is -0.370 e. The number of carbonyl (C=O) groups excluding carboxylic acids is 1. The number of aryl methyl sites for hydroxylation is 1. The van der Waals surface area contributed by atoms with Crippen molar-refractivity contribution in [3.63, 3.8) is 0 Å². The Kier molecular flexibility index (Phi) is 5.00. The molecule has 0 fully saturated rings. The van der Waals surface area contributed by atoms with Gasteiger partial charge in [0.15, 0.2) is 0 Å². The van der Waals surface area contributed by atoms with Gasteiger partial charge in [0.2, 0.25) is 0 Å². The zero-order valence-electron chi connectivity index (χ0n) is 15.1. The number of fused-ring (bicyclic) bond motifs is 1. The van der Waals surface area contributed by atoms with Gasteiger partial charge in [-0.1, -0.05) is 23.7 Å². The number of nitrogens with zero attached hydrogens (tertiary/aromatic N) is 2. The van der Waals surface area contributed by atoms with Gasteiger partial charge in [0.1, 0.15) is 0 Å². The van der Waals surface area contributed by atoms with Gasteiger partial charge in [-0.25, -0.2) is 10.6 Å². The van der Waals surface area contributed by atoms with Crippen molar-refractivity contribution in [2.24, 2.45) is 11.7 Å². The molecule has 0 saturated carbocycles. The van der Waals surface area contributed by atoms with Gasteiger partial charge in [0.05, 0.1) is 22.6 Å². The summed E-state index contributed by atoms with van der Waals surface area (Å²) < 4.78 is 0. The minimum atomic E-state index is -0.594. The number of pyridine rings is 1. The quantitative estimate of drug-likeness (QED) is 0.514. The maximum Gasteiger partial charge on any atom is 0.356 e. The number of benzene rings is 2. The molecule has 0 saturated heterocycles. The number of carbonyl (C=O) groups is 1. The molecular weight excluding hydrogens is 376 g/mol. The van der Waals surface area contributed by atoms with E-state index in [4.69, 9.17) is 28.3 Å². The predicted molar refractivity (Wildman–Crippen MR) is 109 cm³/mol. The lowest BCUT2D eigenvalue weighted by atomic mass is 10.1. The van der Waals surface area contributed by atoms with Crippen LogP contribution in [0.25, 0.3) is 11.3 Å². The van der Waals surface area contributed by atoms with Crippen LogP contribution in [0.4, 0.5) is 11.4 Å². The number of rotatable bonds is 4. The lowest BCUT2D eigenvalue weighted by Gasteiger charge is -2.23. The first-order chi connectivity index (χ1) is 13.6. The van der Waals surface area contributed by atoms with E-state index in [1.54, 1.807) is 29.3 Å². The number of anilines is 2. The van der Waals surface area contributed by atoms with Crippen molar-refractivity contribution in [3.8, 4) is 11.3 Å². The number of hydrogen-bond donors (Lipinski definition) is 2. The van der Waals surface area contributed by atoms with Crippen molar-refractivity contribution in [1.29, 1.82) is 0 Å². The van der Waals surface area contributed by atoms with Gasteiger partial charge in [0.25, 0.3) is 0 Å². The second-order valence-corrected chi connectivity index (χ2v) is 7.07. The summed E-state index contributed by atoms with van der Waals surface area (Å²) in [6.45, 7) is 0. The van der Waals surface area contributed by atoms with E-state index in [0.29, 0.717) is 10.6 Å². The van der Waals surface area contributed by atoms with E-state index in [1.807, 2.05) is 30.3 Å². The standard InChI is InChI=1S/C21H19ClN4O2/c22-15-4-1-3-14(11-15)19-12-20(17-5-2-6-18(17)25-19)26(23)16-9-7-13(8-10-16)21(27)28-24/h1,3-4,7-12H,2,5-6,23-24H2. The van der Waals surface area contributed by atoms with Crippen LogP contribution < -0.4 is 16.7 Å². The Morgan fingerprint density at radius 2 is 1.89 bits per heavy atom. The molecule has 0 radical (unpaired) electrons. The van der Waals surface area contributed by atoms with Crippen LogP contribution in [-0.2, 0) is 17.7 Å². The Hall–Kier alpha value is -2.93. The zero-order valence-corrected chi connectivity index (χ0v) is 15.8. The first kappa shape index (κ1) is 18.4. The molecule has 0 atom stereocenters. The normalized spacial score (nSPS) is 12.5. The van der Waals surface area contributed by atoms with E-state index in [2.05, 4.69) is 4.84 Å². The Balaban J connectivity index is 1.75. The van der Waals surface area contributed by atoms with E-state index in [-0.39, 0.29) is 0 Å². The summed E-state index contributed by atoms with van der Waals surface area (Å²) in [5, 5.41) is 2.28. The van der Waals surface area contributed by atoms with E-state index in [9.17, 15) is 4.79 Å². The topological polar surface area (TPSA) is 94.5 Å². The Morgan fingerprint density at radius 1 is 1.11 bits per heavy atom. The van der Waals surface area contributed by atoms with Crippen molar-refractivity contribution < 1.29 is 9.63 Å². The van der Waals surface area contributed by atoms with Crippen molar-refractivity contribution in [2.75, 3.05) is 5.01 Å². The van der Waals surface area contributed by atoms with Crippen molar-refractivity contribution >= 4 is 28.9 Å². The van der Waals surface area contributed by atoms with E-state index in [1.165, 1.54) is 0 Å². The zero-order chi connectivity index (χ0) is 19.7. The molecule has 4 rings (SSSR count). The molecule has 0 aliphatic heterocycles. The van der Waals surface area contributed by atoms with Gasteiger partial charge in [0, 0.05) is 16.3 Å². The van der Waals surface area contributed by atoms with Gasteiger partial charge in [-0.15, -0.1) is 0 Å². The third-order valence-corrected chi connectivity index (χ3v) is 5.13. The Labute approximate surface area is 167 Å². The predicted octanol–water partition coefficient (Wildman–Crippen LogP) is 3.93. The third-order valence-electron chi connectivity index (χ3n) is 4.89. The molecule has 3 aromatic rings. The molecule has 0 unspecified atom stereocenters. The van der Waals surface area contributed by atoms with Crippen molar-refractivity contribution in [2.45, 2.75) is 19.3 Å². The van der Waals surface area contributed by atoms with E-state index < -0.39 is 5.97 Å². The van der Waals surface area contributed by atoms with Gasteiger partial charge in [-0.3, -0.25) is 9.99 Å². The molecule has 1 aliphatic rings. The summed E-state index contributed by atoms with van der Waals surface area (Å²) in [5.74, 6) is 10.8. The molecule has 4 N–H and O–H groups in total. The number of nitrogens with two attached hydrogens (primary N) is 2. The van der Waals surface area contributed by atoms with Crippen LogP contribution in [0.5, 0.6) is 0 Å². The van der Waals surface area contributed by atoms with Gasteiger partial charge in [-0.2, -0.15) is 5.90 Å². The highest BCUT2D eigenvalue weighted by Gasteiger charge is 2.22. The second kappa shape index (κ2) is 7.59. The summed E-state index contributed by atoms with van der Waals surface area (Å²) in [4.78, 5) is 20.6.